The van der Waals surface area contributed by atoms with Crippen molar-refractivity contribution in [3.8, 4) is 0 Å². The van der Waals surface area contributed by atoms with Crippen molar-refractivity contribution in [2.75, 3.05) is 11.9 Å². The van der Waals surface area contributed by atoms with Crippen LogP contribution in [0.2, 0.25) is 0 Å². The Morgan fingerprint density at radius 2 is 2.22 bits per heavy atom. The summed E-state index contributed by atoms with van der Waals surface area (Å²) >= 11 is 4.89. The maximum absolute atomic E-state index is 4.42. The van der Waals surface area contributed by atoms with Gasteiger partial charge in [-0.25, -0.2) is 9.97 Å². The fourth-order valence-electron chi connectivity index (χ4n) is 1.23. The van der Waals surface area contributed by atoms with Gasteiger partial charge in [-0.05, 0) is 41.5 Å². The molecule has 0 unspecified atom stereocenters. The smallest absolute Gasteiger partial charge is 0.223 e. The highest BCUT2D eigenvalue weighted by Gasteiger charge is 2.12. The molecule has 6 nitrogen and oxygen atoms in total. The van der Waals surface area contributed by atoms with Gasteiger partial charge in [0.2, 0.25) is 5.95 Å². The molecule has 0 aliphatic carbocycles. The minimum Gasteiger partial charge on any atom is -0.354 e. The van der Waals surface area contributed by atoms with E-state index in [4.69, 9.17) is 0 Å². The summed E-state index contributed by atoms with van der Waals surface area (Å²) in [5.74, 6) is 1.48. The predicted molar refractivity (Wildman–Crippen MR) is 73.8 cm³/mol. The normalized spacial score (nSPS) is 10.7. The van der Waals surface area contributed by atoms with Crippen molar-refractivity contribution in [3.63, 3.8) is 0 Å². The van der Waals surface area contributed by atoms with Crippen LogP contribution in [0.4, 0.5) is 5.95 Å². The monoisotopic (exact) mass is 328 g/mol. The molecule has 8 heteroatoms. The topological polar surface area (TPSA) is 68.5 Å². The van der Waals surface area contributed by atoms with Crippen LogP contribution in [0.3, 0.4) is 0 Å². The molecule has 0 spiro atoms. The minimum absolute atomic E-state index is 0.613. The van der Waals surface area contributed by atoms with Crippen LogP contribution in [0.1, 0.15) is 12.7 Å². The highest BCUT2D eigenvalue weighted by atomic mass is 79.9. The average molecular weight is 329 g/mol. The fourth-order valence-corrected chi connectivity index (χ4v) is 2.47. The highest BCUT2D eigenvalue weighted by Crippen LogP contribution is 2.30. The van der Waals surface area contributed by atoms with Gasteiger partial charge < -0.3 is 9.88 Å². The second-order valence-corrected chi connectivity index (χ2v) is 5.38. The van der Waals surface area contributed by atoms with E-state index in [0.717, 1.165) is 27.0 Å². The maximum Gasteiger partial charge on any atom is 0.223 e. The molecular formula is C10H13BrN6S. The van der Waals surface area contributed by atoms with Crippen molar-refractivity contribution in [2.45, 2.75) is 24.0 Å². The average Bonchev–Trinajstić information content (AvgIpc) is 2.66. The lowest BCUT2D eigenvalue weighted by Crippen LogP contribution is -2.03. The molecule has 0 amide bonds. The number of aryl methyl sites for hydroxylation is 1. The molecule has 2 aromatic heterocycles. The van der Waals surface area contributed by atoms with Crippen molar-refractivity contribution in [2.24, 2.45) is 7.05 Å². The van der Waals surface area contributed by atoms with E-state index in [1.807, 2.05) is 25.5 Å². The van der Waals surface area contributed by atoms with E-state index in [1.165, 1.54) is 11.8 Å². The number of rotatable bonds is 4. The Bertz CT molecular complexity index is 555. The summed E-state index contributed by atoms with van der Waals surface area (Å²) in [5, 5.41) is 12.8. The van der Waals surface area contributed by atoms with Crippen LogP contribution >= 0.6 is 27.7 Å². The minimum atomic E-state index is 0.613. The largest absolute Gasteiger partial charge is 0.354 e. The lowest BCUT2D eigenvalue weighted by atomic mass is 10.6. The van der Waals surface area contributed by atoms with E-state index in [-0.39, 0.29) is 0 Å². The second kappa shape index (κ2) is 5.66. The Morgan fingerprint density at radius 1 is 1.44 bits per heavy atom. The van der Waals surface area contributed by atoms with Gasteiger partial charge in [-0.2, -0.15) is 0 Å². The third-order valence-corrected chi connectivity index (χ3v) is 4.17. The molecule has 0 atom stereocenters. The van der Waals surface area contributed by atoms with Gasteiger partial charge in [0.05, 0.1) is 4.47 Å². The third-order valence-electron chi connectivity index (χ3n) is 2.29. The van der Waals surface area contributed by atoms with E-state index >= 15 is 0 Å². The second-order valence-electron chi connectivity index (χ2n) is 3.57. The predicted octanol–water partition coefficient (Wildman–Crippen LogP) is 2.26. The number of halogens is 1. The van der Waals surface area contributed by atoms with Gasteiger partial charge in [0.1, 0.15) is 10.9 Å². The van der Waals surface area contributed by atoms with Gasteiger partial charge in [0.15, 0.2) is 5.16 Å². The molecule has 0 aliphatic rings. The summed E-state index contributed by atoms with van der Waals surface area (Å²) in [5.41, 5.74) is 0. The van der Waals surface area contributed by atoms with Gasteiger partial charge in [0.25, 0.3) is 0 Å². The van der Waals surface area contributed by atoms with Crippen LogP contribution in [0, 0.1) is 6.92 Å². The van der Waals surface area contributed by atoms with Gasteiger partial charge >= 0.3 is 0 Å². The van der Waals surface area contributed by atoms with Gasteiger partial charge in [-0.1, -0.05) is 0 Å². The summed E-state index contributed by atoms with van der Waals surface area (Å²) in [6.45, 7) is 4.70. The molecule has 2 aromatic rings. The maximum atomic E-state index is 4.42. The zero-order valence-corrected chi connectivity index (χ0v) is 12.7. The Balaban J connectivity index is 2.27. The van der Waals surface area contributed by atoms with Crippen LogP contribution in [-0.2, 0) is 7.05 Å². The summed E-state index contributed by atoms with van der Waals surface area (Å²) < 4.78 is 2.77. The van der Waals surface area contributed by atoms with E-state index in [0.29, 0.717) is 5.95 Å². The molecule has 18 heavy (non-hydrogen) atoms. The first-order valence-electron chi connectivity index (χ1n) is 5.42. The molecule has 2 rings (SSSR count). The Morgan fingerprint density at radius 3 is 2.83 bits per heavy atom. The van der Waals surface area contributed by atoms with Crippen LogP contribution < -0.4 is 5.32 Å². The molecule has 0 fully saturated rings. The number of anilines is 1. The Kier molecular flexibility index (Phi) is 4.18. The zero-order valence-electron chi connectivity index (χ0n) is 10.3. The first kappa shape index (κ1) is 13.3. The first-order valence-corrected chi connectivity index (χ1v) is 7.03. The van der Waals surface area contributed by atoms with Crippen molar-refractivity contribution >= 4 is 33.6 Å². The Hall–Kier alpha value is -1.15. The van der Waals surface area contributed by atoms with Gasteiger partial charge in [-0.15, -0.1) is 10.2 Å². The number of hydrogen-bond acceptors (Lipinski definition) is 6. The molecule has 0 saturated heterocycles. The molecule has 0 bridgehead atoms. The molecule has 0 aromatic carbocycles. The molecule has 0 aliphatic heterocycles. The first-order chi connectivity index (χ1) is 8.61. The fraction of sp³-hybridized carbons (Fsp3) is 0.400. The van der Waals surface area contributed by atoms with Crippen molar-refractivity contribution < 1.29 is 0 Å². The summed E-state index contributed by atoms with van der Waals surface area (Å²) in [4.78, 5) is 8.59. The SMILES string of the molecule is CCNc1ncc(Br)c(Sc2nnc(C)n2C)n1. The third kappa shape index (κ3) is 2.81. The van der Waals surface area contributed by atoms with E-state index < -0.39 is 0 Å². The number of hydrogen-bond donors (Lipinski definition) is 1. The molecule has 2 heterocycles. The van der Waals surface area contributed by atoms with E-state index in [1.54, 1.807) is 6.20 Å². The van der Waals surface area contributed by atoms with Crippen LogP contribution in [0.25, 0.3) is 0 Å². The molecule has 0 saturated carbocycles. The molecule has 1 N–H and O–H groups in total. The van der Waals surface area contributed by atoms with E-state index in [9.17, 15) is 0 Å². The molecular weight excluding hydrogens is 316 g/mol. The lowest BCUT2D eigenvalue weighted by Gasteiger charge is -2.06. The number of nitrogens with one attached hydrogen (secondary N) is 1. The van der Waals surface area contributed by atoms with Crippen molar-refractivity contribution in [1.29, 1.82) is 0 Å². The number of nitrogens with zero attached hydrogens (tertiary/aromatic N) is 5. The Labute approximate surface area is 118 Å². The lowest BCUT2D eigenvalue weighted by molar-refractivity contribution is 0.764. The van der Waals surface area contributed by atoms with Gasteiger partial charge in [0, 0.05) is 19.8 Å². The van der Waals surface area contributed by atoms with Gasteiger partial charge in [-0.3, -0.25) is 0 Å². The zero-order chi connectivity index (χ0) is 13.1. The highest BCUT2D eigenvalue weighted by molar-refractivity contribution is 9.10. The summed E-state index contributed by atoms with van der Waals surface area (Å²) in [6.07, 6.45) is 1.73. The molecule has 0 radical (unpaired) electrons. The van der Waals surface area contributed by atoms with Crippen LogP contribution in [0.5, 0.6) is 0 Å². The van der Waals surface area contributed by atoms with Crippen molar-refractivity contribution in [3.05, 3.63) is 16.5 Å². The molecule has 96 valence electrons. The summed E-state index contributed by atoms with van der Waals surface area (Å²) in [7, 11) is 1.93. The van der Waals surface area contributed by atoms with Crippen molar-refractivity contribution in [1.82, 2.24) is 24.7 Å². The van der Waals surface area contributed by atoms with Crippen LogP contribution in [-0.4, -0.2) is 31.3 Å². The summed E-state index contributed by atoms with van der Waals surface area (Å²) in [6, 6.07) is 0. The van der Waals surface area contributed by atoms with Crippen LogP contribution in [0.15, 0.2) is 20.9 Å². The van der Waals surface area contributed by atoms with E-state index in [2.05, 4.69) is 41.4 Å². The number of aromatic nitrogens is 5. The quantitative estimate of drug-likeness (QED) is 0.868. The standard InChI is InChI=1S/C10H13BrN6S/c1-4-12-9-13-5-7(11)8(14-9)18-10-16-15-6(2)17(10)3/h5H,4H2,1-3H3,(H,12,13,14).